The van der Waals surface area contributed by atoms with Crippen molar-refractivity contribution in [1.29, 1.82) is 0 Å². The van der Waals surface area contributed by atoms with Gasteiger partial charge in [-0.2, -0.15) is 0 Å². The van der Waals surface area contributed by atoms with Gasteiger partial charge in [0.05, 0.1) is 5.69 Å². The molecule has 0 saturated carbocycles. The summed E-state index contributed by atoms with van der Waals surface area (Å²) < 4.78 is 39.8. The molecule has 3 amide bonds. The summed E-state index contributed by atoms with van der Waals surface area (Å²) in [5.74, 6) is -2.38. The number of aryl methyl sites for hydroxylation is 1. The first kappa shape index (κ1) is 17.8. The second kappa shape index (κ2) is 7.07. The average Bonchev–Trinajstić information content (AvgIpc) is 2.93. The maximum absolute atomic E-state index is 13.6. The van der Waals surface area contributed by atoms with Crippen LogP contribution in [0.3, 0.4) is 0 Å². The van der Waals surface area contributed by atoms with Gasteiger partial charge in [0, 0.05) is 18.3 Å². The third kappa shape index (κ3) is 3.63. The highest BCUT2D eigenvalue weighted by Crippen LogP contribution is 2.24. The van der Waals surface area contributed by atoms with Crippen molar-refractivity contribution in [3.8, 4) is 0 Å². The molecule has 1 atom stereocenters. The van der Waals surface area contributed by atoms with Gasteiger partial charge < -0.3 is 15.5 Å². The SMILES string of the molecule is Cc1cc(N2CCC(NC(=O)Nc3ccc(F)cc3F)C2=O)ccc1F. The van der Waals surface area contributed by atoms with Crippen molar-refractivity contribution in [2.75, 3.05) is 16.8 Å². The predicted molar refractivity (Wildman–Crippen MR) is 90.4 cm³/mol. The highest BCUT2D eigenvalue weighted by atomic mass is 19.1. The van der Waals surface area contributed by atoms with Crippen LogP contribution >= 0.6 is 0 Å². The Balaban J connectivity index is 1.64. The van der Waals surface area contributed by atoms with E-state index in [1.165, 1.54) is 17.0 Å². The zero-order chi connectivity index (χ0) is 18.8. The Morgan fingerprint density at radius 1 is 1.12 bits per heavy atom. The summed E-state index contributed by atoms with van der Waals surface area (Å²) in [5, 5.41) is 4.71. The number of urea groups is 1. The van der Waals surface area contributed by atoms with Gasteiger partial charge in [0.25, 0.3) is 0 Å². The van der Waals surface area contributed by atoms with E-state index in [1.807, 2.05) is 0 Å². The molecule has 0 aliphatic carbocycles. The van der Waals surface area contributed by atoms with Gasteiger partial charge in [-0.25, -0.2) is 18.0 Å². The van der Waals surface area contributed by atoms with Crippen molar-refractivity contribution >= 4 is 23.3 Å². The largest absolute Gasteiger partial charge is 0.326 e. The van der Waals surface area contributed by atoms with Gasteiger partial charge in [-0.15, -0.1) is 0 Å². The molecule has 1 unspecified atom stereocenters. The lowest BCUT2D eigenvalue weighted by atomic mass is 10.2. The molecule has 0 spiro atoms. The molecule has 1 saturated heterocycles. The molecular weight excluding hydrogens is 347 g/mol. The molecule has 2 aromatic carbocycles. The third-order valence-corrected chi connectivity index (χ3v) is 4.14. The van der Waals surface area contributed by atoms with Crippen molar-refractivity contribution in [2.24, 2.45) is 0 Å². The number of rotatable bonds is 3. The Labute approximate surface area is 147 Å². The Hall–Kier alpha value is -3.03. The smallest absolute Gasteiger partial charge is 0.319 e. The van der Waals surface area contributed by atoms with Crippen molar-refractivity contribution in [1.82, 2.24) is 5.32 Å². The summed E-state index contributed by atoms with van der Waals surface area (Å²) in [6, 6.07) is 5.53. The highest BCUT2D eigenvalue weighted by Gasteiger charge is 2.33. The van der Waals surface area contributed by atoms with E-state index in [-0.39, 0.29) is 17.4 Å². The fourth-order valence-corrected chi connectivity index (χ4v) is 2.77. The number of hydrogen-bond donors (Lipinski definition) is 2. The molecular formula is C18H16F3N3O2. The van der Waals surface area contributed by atoms with Gasteiger partial charge in [-0.3, -0.25) is 4.79 Å². The number of carbonyl (C=O) groups excluding carboxylic acids is 2. The van der Waals surface area contributed by atoms with Gasteiger partial charge in [0.2, 0.25) is 5.91 Å². The molecule has 1 fully saturated rings. The molecule has 5 nitrogen and oxygen atoms in total. The van der Waals surface area contributed by atoms with E-state index in [4.69, 9.17) is 0 Å². The van der Waals surface area contributed by atoms with Crippen molar-refractivity contribution in [3.63, 3.8) is 0 Å². The molecule has 1 aliphatic heterocycles. The van der Waals surface area contributed by atoms with Crippen LogP contribution in [0.2, 0.25) is 0 Å². The Bertz CT molecular complexity index is 873. The van der Waals surface area contributed by atoms with Gasteiger partial charge >= 0.3 is 6.03 Å². The fourth-order valence-electron chi connectivity index (χ4n) is 2.77. The summed E-state index contributed by atoms with van der Waals surface area (Å²) in [6.07, 6.45) is 0.356. The first-order chi connectivity index (χ1) is 12.3. The number of nitrogens with one attached hydrogen (secondary N) is 2. The molecule has 2 N–H and O–H groups in total. The van der Waals surface area contributed by atoms with E-state index in [0.717, 1.165) is 12.1 Å². The maximum Gasteiger partial charge on any atom is 0.319 e. The van der Waals surface area contributed by atoms with Crippen molar-refractivity contribution in [3.05, 3.63) is 59.4 Å². The molecule has 2 aromatic rings. The molecule has 26 heavy (non-hydrogen) atoms. The van der Waals surface area contributed by atoms with Gasteiger partial charge in [-0.05, 0) is 49.2 Å². The second-order valence-electron chi connectivity index (χ2n) is 5.99. The fraction of sp³-hybridized carbons (Fsp3) is 0.222. The number of amides is 3. The summed E-state index contributed by atoms with van der Waals surface area (Å²) in [7, 11) is 0. The van der Waals surface area contributed by atoms with Crippen LogP contribution in [-0.2, 0) is 4.79 Å². The Kier molecular flexibility index (Phi) is 4.83. The Morgan fingerprint density at radius 2 is 1.88 bits per heavy atom. The van der Waals surface area contributed by atoms with Crippen LogP contribution in [0.25, 0.3) is 0 Å². The second-order valence-corrected chi connectivity index (χ2v) is 5.99. The van der Waals surface area contributed by atoms with E-state index in [1.54, 1.807) is 13.0 Å². The number of hydrogen-bond acceptors (Lipinski definition) is 2. The minimum atomic E-state index is -0.915. The predicted octanol–water partition coefficient (Wildman–Crippen LogP) is 3.34. The zero-order valence-corrected chi connectivity index (χ0v) is 13.9. The van der Waals surface area contributed by atoms with Gasteiger partial charge in [-0.1, -0.05) is 0 Å². The van der Waals surface area contributed by atoms with E-state index in [0.29, 0.717) is 30.3 Å². The number of anilines is 2. The molecule has 0 radical (unpaired) electrons. The van der Waals surface area contributed by atoms with Crippen LogP contribution < -0.4 is 15.5 Å². The van der Waals surface area contributed by atoms with Gasteiger partial charge in [0.1, 0.15) is 23.5 Å². The normalized spacial score (nSPS) is 16.7. The average molecular weight is 363 g/mol. The topological polar surface area (TPSA) is 61.4 Å². The molecule has 0 bridgehead atoms. The van der Waals surface area contributed by atoms with E-state index in [9.17, 15) is 22.8 Å². The van der Waals surface area contributed by atoms with E-state index >= 15 is 0 Å². The molecule has 8 heteroatoms. The van der Waals surface area contributed by atoms with Crippen LogP contribution in [0.15, 0.2) is 36.4 Å². The van der Waals surface area contributed by atoms with Crippen LogP contribution in [0.5, 0.6) is 0 Å². The van der Waals surface area contributed by atoms with Crippen LogP contribution in [0.4, 0.5) is 29.3 Å². The van der Waals surface area contributed by atoms with E-state index in [2.05, 4.69) is 10.6 Å². The molecule has 136 valence electrons. The first-order valence-corrected chi connectivity index (χ1v) is 7.95. The van der Waals surface area contributed by atoms with Crippen LogP contribution in [0, 0.1) is 24.4 Å². The maximum atomic E-state index is 13.6. The lowest BCUT2D eigenvalue weighted by molar-refractivity contribution is -0.118. The van der Waals surface area contributed by atoms with E-state index < -0.39 is 23.7 Å². The van der Waals surface area contributed by atoms with Gasteiger partial charge in [0.15, 0.2) is 0 Å². The van der Waals surface area contributed by atoms with Crippen LogP contribution in [-0.4, -0.2) is 24.5 Å². The summed E-state index contributed by atoms with van der Waals surface area (Å²) >= 11 is 0. The highest BCUT2D eigenvalue weighted by molar-refractivity contribution is 6.02. The lowest BCUT2D eigenvalue weighted by Gasteiger charge is -2.18. The Morgan fingerprint density at radius 3 is 2.58 bits per heavy atom. The number of nitrogens with zero attached hydrogens (tertiary/aromatic N) is 1. The molecule has 1 aliphatic rings. The first-order valence-electron chi connectivity index (χ1n) is 7.95. The minimum absolute atomic E-state index is 0.194. The quantitative estimate of drug-likeness (QED) is 0.879. The monoisotopic (exact) mass is 363 g/mol. The van der Waals surface area contributed by atoms with Crippen LogP contribution in [0.1, 0.15) is 12.0 Å². The molecule has 0 aromatic heterocycles. The zero-order valence-electron chi connectivity index (χ0n) is 13.9. The van der Waals surface area contributed by atoms with Crippen molar-refractivity contribution in [2.45, 2.75) is 19.4 Å². The molecule has 1 heterocycles. The molecule has 3 rings (SSSR count). The number of carbonyl (C=O) groups is 2. The number of halogens is 3. The summed E-state index contributed by atoms with van der Waals surface area (Å²) in [4.78, 5) is 25.9. The van der Waals surface area contributed by atoms with Crippen molar-refractivity contribution < 1.29 is 22.8 Å². The lowest BCUT2D eigenvalue weighted by Crippen LogP contribution is -2.43. The standard InChI is InChI=1S/C18H16F3N3O2/c1-10-8-12(3-4-13(10)20)24-7-6-16(17(24)25)23-18(26)22-15-5-2-11(19)9-14(15)21/h2-5,8-9,16H,6-7H2,1H3,(H2,22,23,26). The summed E-state index contributed by atoms with van der Waals surface area (Å²) in [5.41, 5.74) is 0.764. The minimum Gasteiger partial charge on any atom is -0.326 e. The third-order valence-electron chi connectivity index (χ3n) is 4.14. The summed E-state index contributed by atoms with van der Waals surface area (Å²) in [6.45, 7) is 1.96. The number of benzene rings is 2.